The Labute approximate surface area is 180 Å². The standard InChI is InChI=1S/C21H29N7O3/c1-21(2,3)31-19(30)16(22)13-26-18(29)14-5-6-17-15(11-14)12-27-28(17)10-4-7-23-20-24-8-9-25-20/h5-6,8-9,11-12,16H,4,7,10,13,22H2,1-3H3,(H,26,29)(H2,23,24,25)/t16-/m0/s1. The number of imidazole rings is 1. The van der Waals surface area contributed by atoms with E-state index in [4.69, 9.17) is 10.5 Å². The molecule has 3 rings (SSSR count). The van der Waals surface area contributed by atoms with Crippen LogP contribution >= 0.6 is 0 Å². The summed E-state index contributed by atoms with van der Waals surface area (Å²) in [5.41, 5.74) is 6.61. The van der Waals surface area contributed by atoms with Crippen molar-refractivity contribution in [2.75, 3.05) is 18.4 Å². The normalized spacial score (nSPS) is 12.5. The molecule has 5 N–H and O–H groups in total. The van der Waals surface area contributed by atoms with Crippen LogP contribution in [-0.4, -0.2) is 56.4 Å². The molecule has 10 heteroatoms. The van der Waals surface area contributed by atoms with E-state index in [-0.39, 0.29) is 12.5 Å². The summed E-state index contributed by atoms with van der Waals surface area (Å²) in [6.07, 6.45) is 6.06. The number of hydrogen-bond acceptors (Lipinski definition) is 7. The van der Waals surface area contributed by atoms with Crippen molar-refractivity contribution < 1.29 is 14.3 Å². The molecule has 31 heavy (non-hydrogen) atoms. The quantitative estimate of drug-likeness (QED) is 0.301. The molecule has 0 aliphatic carbocycles. The summed E-state index contributed by atoms with van der Waals surface area (Å²) in [5, 5.41) is 11.2. The number of amides is 1. The van der Waals surface area contributed by atoms with Crippen LogP contribution in [0.25, 0.3) is 10.9 Å². The van der Waals surface area contributed by atoms with Crippen molar-refractivity contribution in [1.29, 1.82) is 0 Å². The monoisotopic (exact) mass is 427 g/mol. The first-order valence-electron chi connectivity index (χ1n) is 10.2. The van der Waals surface area contributed by atoms with Crippen LogP contribution in [0.4, 0.5) is 5.95 Å². The Hall–Kier alpha value is -3.40. The molecule has 0 saturated carbocycles. The number of aromatic nitrogens is 4. The molecule has 0 radical (unpaired) electrons. The number of carbonyl (C=O) groups excluding carboxylic acids is 2. The summed E-state index contributed by atoms with van der Waals surface area (Å²) in [6, 6.07) is 4.44. The maximum Gasteiger partial charge on any atom is 0.325 e. The minimum atomic E-state index is -0.926. The zero-order valence-electron chi connectivity index (χ0n) is 18.0. The summed E-state index contributed by atoms with van der Waals surface area (Å²) < 4.78 is 7.13. The molecule has 3 aromatic rings. The molecular weight excluding hydrogens is 398 g/mol. The summed E-state index contributed by atoms with van der Waals surface area (Å²) in [5.74, 6) is -0.116. The fraction of sp³-hybridized carbons (Fsp3) is 0.429. The minimum Gasteiger partial charge on any atom is -0.459 e. The largest absolute Gasteiger partial charge is 0.459 e. The lowest BCUT2D eigenvalue weighted by molar-refractivity contribution is -0.156. The number of nitrogens with zero attached hydrogens (tertiary/aromatic N) is 3. The van der Waals surface area contributed by atoms with Crippen LogP contribution in [0, 0.1) is 0 Å². The Bertz CT molecular complexity index is 1020. The van der Waals surface area contributed by atoms with Gasteiger partial charge in [0.25, 0.3) is 5.91 Å². The number of fused-ring (bicyclic) bond motifs is 1. The molecule has 0 unspecified atom stereocenters. The summed E-state index contributed by atoms with van der Waals surface area (Å²) in [4.78, 5) is 31.5. The molecule has 166 valence electrons. The minimum absolute atomic E-state index is 0.00624. The summed E-state index contributed by atoms with van der Waals surface area (Å²) in [7, 11) is 0. The zero-order chi connectivity index (χ0) is 22.4. The van der Waals surface area contributed by atoms with Gasteiger partial charge in [-0.3, -0.25) is 14.3 Å². The molecule has 0 saturated heterocycles. The van der Waals surface area contributed by atoms with Gasteiger partial charge in [-0.25, -0.2) is 4.98 Å². The topological polar surface area (TPSA) is 140 Å². The van der Waals surface area contributed by atoms with Gasteiger partial charge in [-0.1, -0.05) is 0 Å². The summed E-state index contributed by atoms with van der Waals surface area (Å²) in [6.45, 7) is 6.78. The van der Waals surface area contributed by atoms with Gasteiger partial charge in [-0.2, -0.15) is 5.10 Å². The van der Waals surface area contributed by atoms with Gasteiger partial charge in [-0.05, 0) is 45.4 Å². The van der Waals surface area contributed by atoms with Crippen LogP contribution < -0.4 is 16.4 Å². The second kappa shape index (κ2) is 9.61. The molecule has 2 aromatic heterocycles. The van der Waals surface area contributed by atoms with Crippen LogP contribution in [0.2, 0.25) is 0 Å². The van der Waals surface area contributed by atoms with E-state index in [0.717, 1.165) is 36.4 Å². The fourth-order valence-electron chi connectivity index (χ4n) is 2.97. The highest BCUT2D eigenvalue weighted by molar-refractivity contribution is 5.98. The van der Waals surface area contributed by atoms with Crippen molar-refractivity contribution in [3.05, 3.63) is 42.4 Å². The van der Waals surface area contributed by atoms with Crippen LogP contribution in [0.15, 0.2) is 36.8 Å². The van der Waals surface area contributed by atoms with Crippen molar-refractivity contribution in [3.63, 3.8) is 0 Å². The van der Waals surface area contributed by atoms with Gasteiger partial charge in [-0.15, -0.1) is 0 Å². The number of anilines is 1. The first-order valence-corrected chi connectivity index (χ1v) is 10.2. The molecule has 1 atom stereocenters. The maximum absolute atomic E-state index is 12.5. The number of ether oxygens (including phenoxy) is 1. The fourth-order valence-corrected chi connectivity index (χ4v) is 2.97. The average molecular weight is 428 g/mol. The Kier molecular flexibility index (Phi) is 6.91. The Morgan fingerprint density at radius 3 is 2.84 bits per heavy atom. The van der Waals surface area contributed by atoms with Crippen LogP contribution in [0.3, 0.4) is 0 Å². The molecular formula is C21H29N7O3. The molecule has 10 nitrogen and oxygen atoms in total. The zero-order valence-corrected chi connectivity index (χ0v) is 18.0. The van der Waals surface area contributed by atoms with Gasteiger partial charge in [0.1, 0.15) is 11.6 Å². The first-order chi connectivity index (χ1) is 14.7. The first kappa shape index (κ1) is 22.3. The third-order valence-electron chi connectivity index (χ3n) is 4.43. The van der Waals surface area contributed by atoms with E-state index >= 15 is 0 Å². The predicted molar refractivity (Wildman–Crippen MR) is 118 cm³/mol. The number of aromatic amines is 1. The van der Waals surface area contributed by atoms with Crippen molar-refractivity contribution in [2.24, 2.45) is 5.73 Å². The molecule has 0 bridgehead atoms. The lowest BCUT2D eigenvalue weighted by Crippen LogP contribution is -2.45. The molecule has 1 aromatic carbocycles. The van der Waals surface area contributed by atoms with E-state index < -0.39 is 17.6 Å². The second-order valence-electron chi connectivity index (χ2n) is 8.21. The lowest BCUT2D eigenvalue weighted by Gasteiger charge is -2.22. The molecule has 0 fully saturated rings. The lowest BCUT2D eigenvalue weighted by atomic mass is 10.1. The third-order valence-corrected chi connectivity index (χ3v) is 4.43. The Morgan fingerprint density at radius 2 is 2.13 bits per heavy atom. The second-order valence-corrected chi connectivity index (χ2v) is 8.21. The maximum atomic E-state index is 12.5. The van der Waals surface area contributed by atoms with Crippen LogP contribution in [0.1, 0.15) is 37.6 Å². The summed E-state index contributed by atoms with van der Waals surface area (Å²) >= 11 is 0. The van der Waals surface area contributed by atoms with Crippen molar-refractivity contribution in [3.8, 4) is 0 Å². The van der Waals surface area contributed by atoms with Crippen molar-refractivity contribution in [1.82, 2.24) is 25.1 Å². The highest BCUT2D eigenvalue weighted by atomic mass is 16.6. The Morgan fingerprint density at radius 1 is 1.32 bits per heavy atom. The van der Waals surface area contributed by atoms with E-state index in [1.807, 2.05) is 10.7 Å². The average Bonchev–Trinajstić information content (AvgIpc) is 3.37. The third kappa shape index (κ3) is 6.29. The number of benzene rings is 1. The van der Waals surface area contributed by atoms with Gasteiger partial charge in [0.2, 0.25) is 0 Å². The number of nitrogens with one attached hydrogen (secondary N) is 3. The van der Waals surface area contributed by atoms with Crippen LogP contribution in [0.5, 0.6) is 0 Å². The van der Waals surface area contributed by atoms with E-state index in [0.29, 0.717) is 5.56 Å². The number of esters is 1. The predicted octanol–water partition coefficient (Wildman–Crippen LogP) is 1.66. The van der Waals surface area contributed by atoms with Gasteiger partial charge >= 0.3 is 5.97 Å². The highest BCUT2D eigenvalue weighted by Crippen LogP contribution is 2.16. The van der Waals surface area contributed by atoms with E-state index in [9.17, 15) is 9.59 Å². The number of H-pyrrole nitrogens is 1. The molecule has 0 aliphatic rings. The van der Waals surface area contributed by atoms with E-state index in [1.54, 1.807) is 51.5 Å². The molecule has 2 heterocycles. The van der Waals surface area contributed by atoms with E-state index in [2.05, 4.69) is 25.7 Å². The van der Waals surface area contributed by atoms with Crippen molar-refractivity contribution in [2.45, 2.75) is 45.4 Å². The number of carbonyl (C=O) groups is 2. The number of nitrogens with two attached hydrogens (primary N) is 1. The molecule has 0 spiro atoms. The Balaban J connectivity index is 1.52. The molecule has 1 amide bonds. The van der Waals surface area contributed by atoms with Gasteiger partial charge in [0.15, 0.2) is 5.95 Å². The SMILES string of the molecule is CC(C)(C)OC(=O)[C@@H](N)CNC(=O)c1ccc2c(cnn2CCCNc2ncc[nH]2)c1. The number of rotatable bonds is 9. The van der Waals surface area contributed by atoms with Gasteiger partial charge < -0.3 is 26.1 Å². The highest BCUT2D eigenvalue weighted by Gasteiger charge is 2.22. The van der Waals surface area contributed by atoms with Crippen LogP contribution in [-0.2, 0) is 16.1 Å². The van der Waals surface area contributed by atoms with Crippen molar-refractivity contribution >= 4 is 28.7 Å². The van der Waals surface area contributed by atoms with Gasteiger partial charge in [0, 0.05) is 43.0 Å². The number of aryl methyl sites for hydroxylation is 1. The van der Waals surface area contributed by atoms with E-state index in [1.165, 1.54) is 0 Å². The van der Waals surface area contributed by atoms with Gasteiger partial charge in [0.05, 0.1) is 11.7 Å². The number of hydrogen-bond donors (Lipinski definition) is 4. The molecule has 0 aliphatic heterocycles. The smallest absolute Gasteiger partial charge is 0.325 e.